The van der Waals surface area contributed by atoms with Gasteiger partial charge in [-0.2, -0.15) is 0 Å². The second-order valence-corrected chi connectivity index (χ2v) is 5.03. The Morgan fingerprint density at radius 2 is 2.20 bits per heavy atom. The van der Waals surface area contributed by atoms with Gasteiger partial charge in [0.2, 0.25) is 0 Å². The van der Waals surface area contributed by atoms with Crippen LogP contribution in [0.2, 0.25) is 0 Å². The van der Waals surface area contributed by atoms with Gasteiger partial charge >= 0.3 is 0 Å². The molecule has 0 aromatic rings. The van der Waals surface area contributed by atoms with Crippen LogP contribution in [0, 0.1) is 5.92 Å². The molecule has 3 nitrogen and oxygen atoms in total. The van der Waals surface area contributed by atoms with E-state index in [1.165, 1.54) is 25.7 Å². The summed E-state index contributed by atoms with van der Waals surface area (Å²) < 4.78 is 0. The first-order chi connectivity index (χ1) is 7.17. The first-order valence-corrected chi connectivity index (χ1v) is 6.15. The van der Waals surface area contributed by atoms with Crippen molar-refractivity contribution in [1.82, 2.24) is 10.2 Å². The molecule has 3 unspecified atom stereocenters. The van der Waals surface area contributed by atoms with Crippen LogP contribution in [-0.4, -0.2) is 49.3 Å². The molecule has 1 saturated carbocycles. The molecule has 0 aliphatic heterocycles. The van der Waals surface area contributed by atoms with Gasteiger partial charge in [-0.15, -0.1) is 0 Å². The van der Waals surface area contributed by atoms with Gasteiger partial charge in [0, 0.05) is 18.6 Å². The van der Waals surface area contributed by atoms with Crippen LogP contribution in [0.4, 0.5) is 0 Å². The van der Waals surface area contributed by atoms with Crippen LogP contribution < -0.4 is 5.32 Å². The second-order valence-electron chi connectivity index (χ2n) is 5.03. The van der Waals surface area contributed by atoms with Crippen molar-refractivity contribution in [3.63, 3.8) is 0 Å². The van der Waals surface area contributed by atoms with E-state index in [4.69, 9.17) is 5.11 Å². The minimum Gasteiger partial charge on any atom is -0.395 e. The molecule has 0 saturated heterocycles. The zero-order chi connectivity index (χ0) is 11.3. The van der Waals surface area contributed by atoms with Gasteiger partial charge in [-0.3, -0.25) is 0 Å². The molecule has 0 spiro atoms. The number of likely N-dealkylation sites (N-methyl/N-ethyl adjacent to an activating group) is 2. The van der Waals surface area contributed by atoms with Crippen molar-refractivity contribution in [2.75, 3.05) is 27.2 Å². The summed E-state index contributed by atoms with van der Waals surface area (Å²) in [7, 11) is 4.10. The van der Waals surface area contributed by atoms with Crippen LogP contribution in [0.15, 0.2) is 0 Å². The Bertz CT molecular complexity index is 171. The lowest BCUT2D eigenvalue weighted by molar-refractivity contribution is 0.133. The number of rotatable bonds is 5. The maximum absolute atomic E-state index is 9.14. The lowest BCUT2D eigenvalue weighted by atomic mass is 9.86. The summed E-state index contributed by atoms with van der Waals surface area (Å²) in [6.07, 6.45) is 5.39. The summed E-state index contributed by atoms with van der Waals surface area (Å²) in [5.41, 5.74) is 0. The van der Waals surface area contributed by atoms with Crippen molar-refractivity contribution in [3.05, 3.63) is 0 Å². The van der Waals surface area contributed by atoms with E-state index in [0.29, 0.717) is 0 Å². The Morgan fingerprint density at radius 1 is 1.47 bits per heavy atom. The molecule has 0 radical (unpaired) electrons. The Hall–Kier alpha value is -0.120. The van der Waals surface area contributed by atoms with Gasteiger partial charge in [0.25, 0.3) is 0 Å². The van der Waals surface area contributed by atoms with Gasteiger partial charge in [0.1, 0.15) is 0 Å². The molecule has 3 atom stereocenters. The van der Waals surface area contributed by atoms with Gasteiger partial charge in [0.15, 0.2) is 0 Å². The zero-order valence-electron chi connectivity index (χ0n) is 10.4. The number of hydrogen-bond acceptors (Lipinski definition) is 3. The molecule has 15 heavy (non-hydrogen) atoms. The first kappa shape index (κ1) is 12.9. The number of aliphatic hydroxyl groups excluding tert-OH is 1. The summed E-state index contributed by atoms with van der Waals surface area (Å²) in [5.74, 6) is 0.869. The van der Waals surface area contributed by atoms with Crippen LogP contribution in [0.25, 0.3) is 0 Å². The quantitative estimate of drug-likeness (QED) is 0.719. The lowest BCUT2D eigenvalue weighted by Crippen LogP contribution is -2.45. The van der Waals surface area contributed by atoms with E-state index in [0.717, 1.165) is 18.5 Å². The van der Waals surface area contributed by atoms with E-state index < -0.39 is 0 Å². The second kappa shape index (κ2) is 6.46. The monoisotopic (exact) mass is 214 g/mol. The highest BCUT2D eigenvalue weighted by molar-refractivity contribution is 4.79. The fraction of sp³-hybridized carbons (Fsp3) is 1.00. The van der Waals surface area contributed by atoms with Crippen LogP contribution in [0.5, 0.6) is 0 Å². The molecule has 1 aliphatic carbocycles. The molecule has 0 amide bonds. The average Bonchev–Trinajstić information content (AvgIpc) is 2.25. The molecular weight excluding hydrogens is 188 g/mol. The molecule has 1 aliphatic rings. The fourth-order valence-electron chi connectivity index (χ4n) is 2.54. The number of nitrogens with one attached hydrogen (secondary N) is 1. The maximum atomic E-state index is 9.14. The highest BCUT2D eigenvalue weighted by Crippen LogP contribution is 2.26. The topological polar surface area (TPSA) is 35.5 Å². The maximum Gasteiger partial charge on any atom is 0.0597 e. The zero-order valence-corrected chi connectivity index (χ0v) is 10.4. The van der Waals surface area contributed by atoms with Crippen molar-refractivity contribution in [2.24, 2.45) is 5.92 Å². The highest BCUT2D eigenvalue weighted by atomic mass is 16.3. The average molecular weight is 214 g/mol. The molecule has 2 N–H and O–H groups in total. The SMILES string of the molecule is CNC(CO)CN(C)C1CCCC(C)C1. The molecule has 3 heteroatoms. The summed E-state index contributed by atoms with van der Waals surface area (Å²) in [5, 5.41) is 12.3. The summed E-state index contributed by atoms with van der Waals surface area (Å²) in [4.78, 5) is 2.41. The molecule has 1 fully saturated rings. The third kappa shape index (κ3) is 4.09. The third-order valence-electron chi connectivity index (χ3n) is 3.67. The van der Waals surface area contributed by atoms with E-state index >= 15 is 0 Å². The number of hydrogen-bond donors (Lipinski definition) is 2. The number of aliphatic hydroxyl groups is 1. The van der Waals surface area contributed by atoms with E-state index in [1.807, 2.05) is 7.05 Å². The molecule has 90 valence electrons. The van der Waals surface area contributed by atoms with E-state index in [9.17, 15) is 0 Å². The van der Waals surface area contributed by atoms with Gasteiger partial charge in [-0.25, -0.2) is 0 Å². The smallest absolute Gasteiger partial charge is 0.0597 e. The summed E-state index contributed by atoms with van der Waals surface area (Å²) in [6.45, 7) is 3.52. The van der Waals surface area contributed by atoms with Crippen LogP contribution in [0.3, 0.4) is 0 Å². The minimum absolute atomic E-state index is 0.215. The minimum atomic E-state index is 0.215. The molecule has 0 bridgehead atoms. The number of nitrogens with zero attached hydrogens (tertiary/aromatic N) is 1. The largest absolute Gasteiger partial charge is 0.395 e. The predicted molar refractivity (Wildman–Crippen MR) is 64.0 cm³/mol. The van der Waals surface area contributed by atoms with Crippen LogP contribution >= 0.6 is 0 Å². The van der Waals surface area contributed by atoms with Crippen molar-refractivity contribution in [3.8, 4) is 0 Å². The standard InChI is InChI=1S/C12H26N2O/c1-10-5-4-6-12(7-10)14(3)8-11(9-15)13-2/h10-13,15H,4-9H2,1-3H3. The van der Waals surface area contributed by atoms with Crippen molar-refractivity contribution in [1.29, 1.82) is 0 Å². The van der Waals surface area contributed by atoms with Crippen molar-refractivity contribution >= 4 is 0 Å². The van der Waals surface area contributed by atoms with Gasteiger partial charge in [-0.05, 0) is 32.9 Å². The molecule has 1 rings (SSSR count). The molecule has 0 aromatic heterocycles. The van der Waals surface area contributed by atoms with Gasteiger partial charge < -0.3 is 15.3 Å². The predicted octanol–water partition coefficient (Wildman–Crippen LogP) is 1.08. The molecule has 0 heterocycles. The molecular formula is C12H26N2O. The third-order valence-corrected chi connectivity index (χ3v) is 3.67. The van der Waals surface area contributed by atoms with Crippen LogP contribution in [0.1, 0.15) is 32.6 Å². The van der Waals surface area contributed by atoms with E-state index in [-0.39, 0.29) is 12.6 Å². The highest BCUT2D eigenvalue weighted by Gasteiger charge is 2.23. The van der Waals surface area contributed by atoms with E-state index in [2.05, 4.69) is 24.2 Å². The Morgan fingerprint density at radius 3 is 2.73 bits per heavy atom. The van der Waals surface area contributed by atoms with Gasteiger partial charge in [0.05, 0.1) is 6.61 Å². The Labute approximate surface area is 93.9 Å². The van der Waals surface area contributed by atoms with E-state index in [1.54, 1.807) is 0 Å². The fourth-order valence-corrected chi connectivity index (χ4v) is 2.54. The van der Waals surface area contributed by atoms with Crippen LogP contribution in [-0.2, 0) is 0 Å². The van der Waals surface area contributed by atoms with Crippen molar-refractivity contribution < 1.29 is 5.11 Å². The Balaban J connectivity index is 2.34. The summed E-state index contributed by atoms with van der Waals surface area (Å²) in [6, 6.07) is 0.934. The van der Waals surface area contributed by atoms with Crippen molar-refractivity contribution in [2.45, 2.75) is 44.7 Å². The molecule has 0 aromatic carbocycles. The lowest BCUT2D eigenvalue weighted by Gasteiger charge is -2.35. The normalized spacial score (nSPS) is 29.4. The Kier molecular flexibility index (Phi) is 5.58. The first-order valence-electron chi connectivity index (χ1n) is 6.15. The van der Waals surface area contributed by atoms with Gasteiger partial charge in [-0.1, -0.05) is 19.8 Å². The summed E-state index contributed by atoms with van der Waals surface area (Å²) >= 11 is 0.